The van der Waals surface area contributed by atoms with E-state index in [1.807, 2.05) is 0 Å². The molecule has 112 valence electrons. The molecule has 1 fully saturated rings. The van der Waals surface area contributed by atoms with Gasteiger partial charge in [0.25, 0.3) is 0 Å². The molecule has 1 aromatic heterocycles. The monoisotopic (exact) mass is 303 g/mol. The number of hydrogen-bond acceptors (Lipinski definition) is 4. The van der Waals surface area contributed by atoms with Gasteiger partial charge in [-0.2, -0.15) is 5.26 Å². The number of nitrogens with zero attached hydrogens (tertiary/aromatic N) is 1. The Labute approximate surface area is 129 Å². The molecule has 0 aromatic carbocycles. The summed E-state index contributed by atoms with van der Waals surface area (Å²) in [5.74, 6) is 1.08. The first-order valence-electron chi connectivity index (χ1n) is 7.66. The third kappa shape index (κ3) is 2.70. The smallest absolute Gasteiger partial charge is 0.229 e. The van der Waals surface area contributed by atoms with E-state index in [0.29, 0.717) is 17.4 Å². The average molecular weight is 303 g/mol. The Morgan fingerprint density at radius 1 is 1.43 bits per heavy atom. The highest BCUT2D eigenvalue weighted by molar-refractivity contribution is 7.16. The minimum atomic E-state index is 0.00888. The van der Waals surface area contributed by atoms with Crippen LogP contribution in [0.5, 0.6) is 0 Å². The van der Waals surface area contributed by atoms with Crippen LogP contribution < -0.4 is 10.6 Å². The van der Waals surface area contributed by atoms with Gasteiger partial charge in [0.15, 0.2) is 0 Å². The number of fused-ring (bicyclic) bond motifs is 1. The zero-order valence-corrected chi connectivity index (χ0v) is 13.3. The van der Waals surface area contributed by atoms with E-state index in [9.17, 15) is 10.1 Å². The van der Waals surface area contributed by atoms with Gasteiger partial charge in [0.05, 0.1) is 11.5 Å². The van der Waals surface area contributed by atoms with Crippen molar-refractivity contribution >= 4 is 22.2 Å². The van der Waals surface area contributed by atoms with E-state index in [1.54, 1.807) is 11.3 Å². The number of thiophene rings is 1. The van der Waals surface area contributed by atoms with Crippen LogP contribution in [0.15, 0.2) is 0 Å². The van der Waals surface area contributed by atoms with Crippen molar-refractivity contribution in [2.45, 2.75) is 33.1 Å². The summed E-state index contributed by atoms with van der Waals surface area (Å²) in [4.78, 5) is 13.7. The van der Waals surface area contributed by atoms with Crippen LogP contribution in [0.3, 0.4) is 0 Å². The lowest BCUT2D eigenvalue weighted by molar-refractivity contribution is -0.120. The molecule has 0 radical (unpaired) electrons. The molecule has 3 atom stereocenters. The van der Waals surface area contributed by atoms with Crippen molar-refractivity contribution in [1.82, 2.24) is 5.32 Å². The summed E-state index contributed by atoms with van der Waals surface area (Å²) < 4.78 is 0. The molecule has 0 bridgehead atoms. The van der Waals surface area contributed by atoms with Crippen LogP contribution in [-0.4, -0.2) is 19.0 Å². The van der Waals surface area contributed by atoms with Crippen LogP contribution >= 0.6 is 11.3 Å². The summed E-state index contributed by atoms with van der Waals surface area (Å²) in [5.41, 5.74) is 1.88. The van der Waals surface area contributed by atoms with Crippen molar-refractivity contribution in [3.05, 3.63) is 16.0 Å². The standard InChI is InChI=1S/C16H21N3OS/c1-9-3-4-11-12(6-17)16(21-14(11)5-9)19-15(20)13-8-18-7-10(13)2/h9-10,13,18H,3-5,7-8H2,1-2H3,(H,19,20). The Kier molecular flexibility index (Phi) is 4.01. The van der Waals surface area contributed by atoms with Crippen molar-refractivity contribution in [2.24, 2.45) is 17.8 Å². The lowest BCUT2D eigenvalue weighted by Gasteiger charge is -2.17. The number of anilines is 1. The fourth-order valence-corrected chi connectivity index (χ4v) is 4.69. The molecule has 1 amide bonds. The van der Waals surface area contributed by atoms with E-state index in [2.05, 4.69) is 30.6 Å². The maximum absolute atomic E-state index is 12.4. The Hall–Kier alpha value is -1.38. The molecule has 1 aliphatic carbocycles. The molecule has 21 heavy (non-hydrogen) atoms. The number of nitrogens with one attached hydrogen (secondary N) is 2. The van der Waals surface area contributed by atoms with E-state index in [-0.39, 0.29) is 11.8 Å². The first kappa shape index (κ1) is 14.6. The van der Waals surface area contributed by atoms with Gasteiger partial charge in [-0.1, -0.05) is 13.8 Å². The molecule has 4 nitrogen and oxygen atoms in total. The molecular formula is C16H21N3OS. The van der Waals surface area contributed by atoms with Gasteiger partial charge in [-0.3, -0.25) is 4.79 Å². The zero-order valence-electron chi connectivity index (χ0n) is 12.5. The molecule has 2 aliphatic rings. The van der Waals surface area contributed by atoms with Crippen LogP contribution in [0.25, 0.3) is 0 Å². The number of carbonyl (C=O) groups is 1. The van der Waals surface area contributed by atoms with E-state index in [0.717, 1.165) is 37.4 Å². The normalized spacial score (nSPS) is 28.0. The van der Waals surface area contributed by atoms with Gasteiger partial charge in [0, 0.05) is 11.4 Å². The molecular weight excluding hydrogens is 282 g/mol. The SMILES string of the molecule is CC1CCc2c(sc(NC(=O)C3CNCC3C)c2C#N)C1. The number of carbonyl (C=O) groups excluding carboxylic acids is 1. The molecule has 1 aliphatic heterocycles. The van der Waals surface area contributed by atoms with E-state index >= 15 is 0 Å². The summed E-state index contributed by atoms with van der Waals surface area (Å²) in [5, 5.41) is 16.5. The van der Waals surface area contributed by atoms with Crippen molar-refractivity contribution < 1.29 is 4.79 Å². The third-order valence-corrected chi connectivity index (χ3v) is 5.88. The van der Waals surface area contributed by atoms with E-state index in [4.69, 9.17) is 0 Å². The molecule has 2 N–H and O–H groups in total. The van der Waals surface area contributed by atoms with Crippen LogP contribution in [0.4, 0.5) is 5.00 Å². The van der Waals surface area contributed by atoms with Crippen LogP contribution in [0, 0.1) is 29.1 Å². The first-order chi connectivity index (χ1) is 10.1. The number of nitriles is 1. The highest BCUT2D eigenvalue weighted by Gasteiger charge is 2.31. The van der Waals surface area contributed by atoms with Gasteiger partial charge in [0.2, 0.25) is 5.91 Å². The first-order valence-corrected chi connectivity index (χ1v) is 8.48. The Bertz CT molecular complexity index is 601. The molecule has 3 unspecified atom stereocenters. The number of rotatable bonds is 2. The molecule has 1 saturated heterocycles. The maximum Gasteiger partial charge on any atom is 0.229 e. The van der Waals surface area contributed by atoms with Crippen molar-refractivity contribution in [2.75, 3.05) is 18.4 Å². The van der Waals surface area contributed by atoms with Gasteiger partial charge in [-0.05, 0) is 43.2 Å². The average Bonchev–Trinajstić information content (AvgIpc) is 3.01. The van der Waals surface area contributed by atoms with Gasteiger partial charge in [0.1, 0.15) is 11.1 Å². The Morgan fingerprint density at radius 2 is 2.24 bits per heavy atom. The summed E-state index contributed by atoms with van der Waals surface area (Å²) >= 11 is 1.60. The second-order valence-corrected chi connectivity index (χ2v) is 7.50. The topological polar surface area (TPSA) is 64.9 Å². The van der Waals surface area contributed by atoms with Crippen molar-refractivity contribution in [1.29, 1.82) is 5.26 Å². The minimum absolute atomic E-state index is 0.00888. The lowest BCUT2D eigenvalue weighted by atomic mass is 9.88. The number of amides is 1. The summed E-state index contributed by atoms with van der Waals surface area (Å²) in [6.07, 6.45) is 3.13. The van der Waals surface area contributed by atoms with E-state index < -0.39 is 0 Å². The largest absolute Gasteiger partial charge is 0.316 e. The Morgan fingerprint density at radius 3 is 2.90 bits per heavy atom. The van der Waals surface area contributed by atoms with Gasteiger partial charge in [-0.25, -0.2) is 0 Å². The summed E-state index contributed by atoms with van der Waals surface area (Å²) in [6, 6.07) is 2.31. The quantitative estimate of drug-likeness (QED) is 0.882. The molecule has 3 rings (SSSR count). The molecule has 0 saturated carbocycles. The predicted molar refractivity (Wildman–Crippen MR) is 84.4 cm³/mol. The van der Waals surface area contributed by atoms with Crippen molar-refractivity contribution in [3.8, 4) is 6.07 Å². The highest BCUT2D eigenvalue weighted by Crippen LogP contribution is 2.39. The highest BCUT2D eigenvalue weighted by atomic mass is 32.1. The molecule has 0 spiro atoms. The molecule has 5 heteroatoms. The minimum Gasteiger partial charge on any atom is -0.316 e. The van der Waals surface area contributed by atoms with Gasteiger partial charge < -0.3 is 10.6 Å². The summed E-state index contributed by atoms with van der Waals surface area (Å²) in [7, 11) is 0. The second-order valence-electron chi connectivity index (χ2n) is 6.40. The van der Waals surface area contributed by atoms with Gasteiger partial charge in [-0.15, -0.1) is 11.3 Å². The van der Waals surface area contributed by atoms with E-state index in [1.165, 1.54) is 10.4 Å². The fourth-order valence-electron chi connectivity index (χ4n) is 3.32. The predicted octanol–water partition coefficient (Wildman–Crippen LogP) is 2.54. The van der Waals surface area contributed by atoms with Crippen LogP contribution in [0.2, 0.25) is 0 Å². The lowest BCUT2D eigenvalue weighted by Crippen LogP contribution is -2.27. The zero-order chi connectivity index (χ0) is 15.0. The Balaban J connectivity index is 1.83. The van der Waals surface area contributed by atoms with Gasteiger partial charge >= 0.3 is 0 Å². The third-order valence-electron chi connectivity index (χ3n) is 4.71. The molecule has 1 aromatic rings. The molecule has 2 heterocycles. The number of hydrogen-bond donors (Lipinski definition) is 2. The van der Waals surface area contributed by atoms with Crippen molar-refractivity contribution in [3.63, 3.8) is 0 Å². The van der Waals surface area contributed by atoms with Crippen LogP contribution in [0.1, 0.15) is 36.3 Å². The summed E-state index contributed by atoms with van der Waals surface area (Å²) in [6.45, 7) is 5.97. The fraction of sp³-hybridized carbons (Fsp3) is 0.625. The van der Waals surface area contributed by atoms with Crippen LogP contribution in [-0.2, 0) is 17.6 Å². The maximum atomic E-state index is 12.4. The second kappa shape index (κ2) is 5.78.